The molecule has 1 rings (SSSR count). The van der Waals surface area contributed by atoms with Crippen molar-refractivity contribution >= 4 is 28.7 Å². The van der Waals surface area contributed by atoms with Crippen molar-refractivity contribution in [3.05, 3.63) is 33.5 Å². The second-order valence-electron chi connectivity index (χ2n) is 5.65. The molecule has 0 saturated carbocycles. The molecule has 0 fully saturated rings. The monoisotopic (exact) mass is 309 g/mol. The normalized spacial score (nSPS) is 11.7. The first-order chi connectivity index (χ1) is 9.28. The van der Waals surface area contributed by atoms with Crippen molar-refractivity contribution in [3.8, 4) is 11.8 Å². The summed E-state index contributed by atoms with van der Waals surface area (Å²) < 4.78 is 0.647. The van der Waals surface area contributed by atoms with Crippen molar-refractivity contribution in [2.24, 2.45) is 5.41 Å². The molecule has 0 unspecified atom stereocenters. The molecule has 0 aliphatic rings. The van der Waals surface area contributed by atoms with E-state index in [9.17, 15) is 4.79 Å². The third kappa shape index (κ3) is 6.91. The maximum Gasteiger partial charge on any atom is 0.186 e. The number of nitrogens with zero attached hydrogens (tertiary/aromatic N) is 1. The Kier molecular flexibility index (Phi) is 6.48. The van der Waals surface area contributed by atoms with E-state index >= 15 is 0 Å². The van der Waals surface area contributed by atoms with Gasteiger partial charge >= 0.3 is 0 Å². The van der Waals surface area contributed by atoms with Crippen LogP contribution in [0.1, 0.15) is 30.4 Å². The van der Waals surface area contributed by atoms with Crippen LogP contribution in [0.4, 0.5) is 0 Å². The van der Waals surface area contributed by atoms with Crippen molar-refractivity contribution in [2.75, 3.05) is 20.1 Å². The summed E-state index contributed by atoms with van der Waals surface area (Å²) in [6.07, 6.45) is 3.81. The van der Waals surface area contributed by atoms with Gasteiger partial charge in [0.25, 0.3) is 0 Å². The molecule has 1 aromatic heterocycles. The lowest BCUT2D eigenvalue weighted by Gasteiger charge is -2.12. The van der Waals surface area contributed by atoms with Crippen molar-refractivity contribution in [2.45, 2.75) is 20.8 Å². The lowest BCUT2D eigenvalue weighted by atomic mass is 9.98. The number of hydrogen-bond donors (Lipinski definition) is 0. The standard InChI is InChI=1S/C16H20ClNOS/c1-16(2,3)10-6-5-7-11-18(4)12-13(19)14-8-9-15(17)20-14/h5,7-9H,11-12H2,1-4H3/b7-5+. The molecule has 0 atom stereocenters. The first-order valence-corrected chi connectivity index (χ1v) is 7.62. The quantitative estimate of drug-likeness (QED) is 0.602. The van der Waals surface area contributed by atoms with Gasteiger partial charge in [-0.1, -0.05) is 29.5 Å². The van der Waals surface area contributed by atoms with Crippen molar-refractivity contribution in [1.29, 1.82) is 0 Å². The fourth-order valence-corrected chi connectivity index (χ4v) is 2.37. The number of ketones is 1. The van der Waals surface area contributed by atoms with Gasteiger partial charge in [0.1, 0.15) is 0 Å². The number of allylic oxidation sites excluding steroid dienone is 1. The lowest BCUT2D eigenvalue weighted by Crippen LogP contribution is -2.25. The molecule has 0 N–H and O–H groups in total. The zero-order chi connectivity index (χ0) is 15.2. The molecule has 0 spiro atoms. The van der Waals surface area contributed by atoms with Crippen LogP contribution in [-0.4, -0.2) is 30.8 Å². The third-order valence-corrected chi connectivity index (χ3v) is 3.60. The first-order valence-electron chi connectivity index (χ1n) is 6.43. The molecular weight excluding hydrogens is 290 g/mol. The highest BCUT2D eigenvalue weighted by atomic mass is 35.5. The second-order valence-corrected chi connectivity index (χ2v) is 7.36. The summed E-state index contributed by atoms with van der Waals surface area (Å²) in [5.41, 5.74) is 0.0185. The van der Waals surface area contributed by atoms with Gasteiger partial charge in [-0.25, -0.2) is 0 Å². The van der Waals surface area contributed by atoms with Gasteiger partial charge in [0.2, 0.25) is 0 Å². The van der Waals surface area contributed by atoms with E-state index in [2.05, 4.69) is 32.6 Å². The molecule has 0 aliphatic carbocycles. The molecule has 2 nitrogen and oxygen atoms in total. The van der Waals surface area contributed by atoms with E-state index in [1.807, 2.05) is 24.1 Å². The number of thiophene rings is 1. The number of carbonyl (C=O) groups is 1. The molecule has 0 amide bonds. The van der Waals surface area contributed by atoms with Crippen molar-refractivity contribution in [1.82, 2.24) is 4.90 Å². The Morgan fingerprint density at radius 1 is 1.45 bits per heavy atom. The van der Waals surface area contributed by atoms with Gasteiger partial charge in [-0.2, -0.15) is 0 Å². The van der Waals surface area contributed by atoms with Gasteiger partial charge < -0.3 is 0 Å². The minimum Gasteiger partial charge on any atom is -0.295 e. The van der Waals surface area contributed by atoms with Gasteiger partial charge in [0, 0.05) is 12.0 Å². The van der Waals surface area contributed by atoms with Crippen molar-refractivity contribution in [3.63, 3.8) is 0 Å². The smallest absolute Gasteiger partial charge is 0.186 e. The summed E-state index contributed by atoms with van der Waals surface area (Å²) in [4.78, 5) is 14.6. The number of likely N-dealkylation sites (N-methyl/N-ethyl adjacent to an activating group) is 1. The highest BCUT2D eigenvalue weighted by Gasteiger charge is 2.10. The van der Waals surface area contributed by atoms with Gasteiger partial charge in [-0.15, -0.1) is 11.3 Å². The van der Waals surface area contributed by atoms with E-state index in [0.717, 1.165) is 0 Å². The molecular formula is C16H20ClNOS. The molecule has 108 valence electrons. The molecule has 4 heteroatoms. The molecule has 1 aromatic rings. The Labute approximate surface area is 130 Å². The number of rotatable bonds is 5. The highest BCUT2D eigenvalue weighted by molar-refractivity contribution is 7.18. The SMILES string of the molecule is CN(C/C=C/C#CC(C)(C)C)CC(=O)c1ccc(Cl)s1. The van der Waals surface area contributed by atoms with Crippen LogP contribution in [0.25, 0.3) is 0 Å². The minimum absolute atomic E-state index is 0.0185. The highest BCUT2D eigenvalue weighted by Crippen LogP contribution is 2.21. The predicted octanol–water partition coefficient (Wildman–Crippen LogP) is 4.12. The average Bonchev–Trinajstić information content (AvgIpc) is 2.74. The van der Waals surface area contributed by atoms with E-state index in [-0.39, 0.29) is 11.2 Å². The summed E-state index contributed by atoms with van der Waals surface area (Å²) in [5.74, 6) is 6.24. The Balaban J connectivity index is 2.40. The Hall–Kier alpha value is -1.08. The van der Waals surface area contributed by atoms with Crippen LogP contribution in [0.2, 0.25) is 4.34 Å². The predicted molar refractivity (Wildman–Crippen MR) is 87.5 cm³/mol. The number of carbonyl (C=O) groups excluding carboxylic acids is 1. The molecule has 0 aliphatic heterocycles. The van der Waals surface area contributed by atoms with E-state index in [1.165, 1.54) is 11.3 Å². The fraction of sp³-hybridized carbons (Fsp3) is 0.438. The van der Waals surface area contributed by atoms with Crippen LogP contribution in [0.15, 0.2) is 24.3 Å². The topological polar surface area (TPSA) is 20.3 Å². The largest absolute Gasteiger partial charge is 0.295 e. The van der Waals surface area contributed by atoms with Crippen LogP contribution in [0, 0.1) is 17.3 Å². The van der Waals surface area contributed by atoms with Crippen LogP contribution >= 0.6 is 22.9 Å². The molecule has 1 heterocycles. The zero-order valence-electron chi connectivity index (χ0n) is 12.4. The van der Waals surface area contributed by atoms with Crippen LogP contribution in [0.3, 0.4) is 0 Å². The zero-order valence-corrected chi connectivity index (χ0v) is 13.9. The summed E-state index contributed by atoms with van der Waals surface area (Å²) in [7, 11) is 1.91. The summed E-state index contributed by atoms with van der Waals surface area (Å²) >= 11 is 7.14. The molecule has 0 radical (unpaired) electrons. The van der Waals surface area contributed by atoms with E-state index in [1.54, 1.807) is 12.1 Å². The van der Waals surface area contributed by atoms with Crippen molar-refractivity contribution < 1.29 is 4.79 Å². The Bertz CT molecular complexity index is 543. The lowest BCUT2D eigenvalue weighted by molar-refractivity contribution is 0.0956. The van der Waals surface area contributed by atoms with Gasteiger partial charge in [0.05, 0.1) is 15.8 Å². The fourth-order valence-electron chi connectivity index (χ4n) is 1.40. The number of hydrogen-bond acceptors (Lipinski definition) is 3. The summed E-state index contributed by atoms with van der Waals surface area (Å²) in [6.45, 7) is 7.30. The average molecular weight is 310 g/mol. The van der Waals surface area contributed by atoms with Gasteiger partial charge in [-0.05, 0) is 46.0 Å². The maximum absolute atomic E-state index is 11.9. The maximum atomic E-state index is 11.9. The third-order valence-electron chi connectivity index (χ3n) is 2.33. The first kappa shape index (κ1) is 17.0. The molecule has 0 aromatic carbocycles. The van der Waals surface area contributed by atoms with Crippen LogP contribution in [0.5, 0.6) is 0 Å². The van der Waals surface area contributed by atoms with Gasteiger partial charge in [-0.3, -0.25) is 9.69 Å². The van der Waals surface area contributed by atoms with E-state index in [0.29, 0.717) is 22.3 Å². The summed E-state index contributed by atoms with van der Waals surface area (Å²) in [6, 6.07) is 3.52. The second kappa shape index (κ2) is 7.64. The molecule has 0 saturated heterocycles. The number of halogens is 1. The minimum atomic E-state index is 0.0185. The van der Waals surface area contributed by atoms with Crippen LogP contribution in [-0.2, 0) is 0 Å². The van der Waals surface area contributed by atoms with E-state index < -0.39 is 0 Å². The summed E-state index contributed by atoms with van der Waals surface area (Å²) in [5, 5.41) is 0. The van der Waals surface area contributed by atoms with Gasteiger partial charge in [0.15, 0.2) is 5.78 Å². The Morgan fingerprint density at radius 3 is 2.70 bits per heavy atom. The molecule has 20 heavy (non-hydrogen) atoms. The van der Waals surface area contributed by atoms with Crippen LogP contribution < -0.4 is 0 Å². The number of Topliss-reactive ketones (excluding diaryl/α,β-unsaturated/α-hetero) is 1. The van der Waals surface area contributed by atoms with E-state index in [4.69, 9.17) is 11.6 Å². The Morgan fingerprint density at radius 2 is 2.15 bits per heavy atom. The molecule has 0 bridgehead atoms.